The van der Waals surface area contributed by atoms with Crippen LogP contribution in [0.2, 0.25) is 0 Å². The third-order valence-electron chi connectivity index (χ3n) is 6.67. The van der Waals surface area contributed by atoms with Gasteiger partial charge in [0.15, 0.2) is 5.65 Å². The predicted molar refractivity (Wildman–Crippen MR) is 121 cm³/mol. The molecule has 0 spiro atoms. The van der Waals surface area contributed by atoms with E-state index >= 15 is 0 Å². The number of aromatic nitrogens is 4. The Hall–Kier alpha value is -3.00. The Morgan fingerprint density at radius 2 is 2.16 bits per heavy atom. The van der Waals surface area contributed by atoms with Gasteiger partial charge in [-0.1, -0.05) is 26.3 Å². The summed E-state index contributed by atoms with van der Waals surface area (Å²) in [6.45, 7) is 6.64. The second kappa shape index (κ2) is 8.50. The molecule has 1 fully saturated rings. The Morgan fingerprint density at radius 3 is 2.94 bits per heavy atom. The van der Waals surface area contributed by atoms with Gasteiger partial charge in [-0.2, -0.15) is 0 Å². The van der Waals surface area contributed by atoms with E-state index in [0.29, 0.717) is 25.2 Å². The summed E-state index contributed by atoms with van der Waals surface area (Å²) in [4.78, 5) is 39.0. The number of rotatable bonds is 4. The van der Waals surface area contributed by atoms with Gasteiger partial charge in [-0.15, -0.1) is 0 Å². The molecule has 8 nitrogen and oxygen atoms in total. The first-order valence-electron chi connectivity index (χ1n) is 11.6. The molecule has 2 aliphatic rings. The molecule has 2 aliphatic heterocycles. The fourth-order valence-corrected chi connectivity index (χ4v) is 4.99. The zero-order valence-corrected chi connectivity index (χ0v) is 18.8. The monoisotopic (exact) mass is 434 g/mol. The number of fused-ring (bicyclic) bond motifs is 2. The summed E-state index contributed by atoms with van der Waals surface area (Å²) in [7, 11) is 0. The summed E-state index contributed by atoms with van der Waals surface area (Å²) in [5.74, 6) is 0.0537. The van der Waals surface area contributed by atoms with Gasteiger partial charge >= 0.3 is 0 Å². The van der Waals surface area contributed by atoms with Crippen LogP contribution < -0.4 is 5.56 Å². The van der Waals surface area contributed by atoms with Crippen LogP contribution in [0.1, 0.15) is 61.7 Å². The maximum absolute atomic E-state index is 13.2. The average molecular weight is 435 g/mol. The highest BCUT2D eigenvalue weighted by atomic mass is 16.2. The lowest BCUT2D eigenvalue weighted by atomic mass is 9.99. The Bertz CT molecular complexity index is 1180. The lowest BCUT2D eigenvalue weighted by Crippen LogP contribution is -2.41. The minimum absolute atomic E-state index is 0.0393. The number of carbonyl (C=O) groups is 1. The molecule has 0 aliphatic carbocycles. The molecule has 1 saturated heterocycles. The minimum Gasteiger partial charge on any atom is -0.336 e. The number of piperidine rings is 1. The molecule has 5 rings (SSSR count). The number of amides is 1. The highest BCUT2D eigenvalue weighted by Crippen LogP contribution is 2.32. The van der Waals surface area contributed by atoms with E-state index in [0.717, 1.165) is 42.9 Å². The second-order valence-corrected chi connectivity index (χ2v) is 9.26. The summed E-state index contributed by atoms with van der Waals surface area (Å²) in [6, 6.07) is 6.30. The number of hydrogen-bond donors (Lipinski definition) is 1. The van der Waals surface area contributed by atoms with E-state index in [2.05, 4.69) is 21.0 Å². The fraction of sp³-hybridized carbons (Fsp3) is 0.500. The molecular formula is C24H30N6O2. The molecule has 1 atom stereocenters. The smallest absolute Gasteiger partial charge is 0.276 e. The number of likely N-dealkylation sites (tertiary alicyclic amines) is 1. The lowest BCUT2D eigenvalue weighted by molar-refractivity contribution is -0.135. The van der Waals surface area contributed by atoms with Crippen molar-refractivity contribution in [1.82, 2.24) is 29.4 Å². The first-order valence-corrected chi connectivity index (χ1v) is 11.6. The third-order valence-corrected chi connectivity index (χ3v) is 6.67. The molecule has 1 amide bonds. The molecule has 0 aromatic carbocycles. The number of nitrogens with one attached hydrogen (secondary N) is 1. The van der Waals surface area contributed by atoms with E-state index in [1.165, 1.54) is 12.0 Å². The van der Waals surface area contributed by atoms with Crippen molar-refractivity contribution in [3.63, 3.8) is 0 Å². The number of carbonyl (C=O) groups excluding carboxylic acids is 1. The van der Waals surface area contributed by atoms with Crippen LogP contribution in [0.3, 0.4) is 0 Å². The largest absolute Gasteiger partial charge is 0.336 e. The molecule has 0 bridgehead atoms. The Morgan fingerprint density at radius 1 is 1.28 bits per heavy atom. The van der Waals surface area contributed by atoms with Gasteiger partial charge in [-0.05, 0) is 37.4 Å². The Balaban J connectivity index is 1.46. The SMILES string of the molecule is CC(C)C(=O)N1CCc2c(nc3cc(C4CCCCN4Cc4cccnc4)[nH]n3c2=O)C1. The normalized spacial score (nSPS) is 19.5. The molecule has 0 saturated carbocycles. The standard InChI is InChI=1S/C24H30N6O2/c1-16(2)23(31)29-11-8-18-20(15-29)26-22-12-19(27-30(22)24(18)32)21-7-3-4-10-28(21)14-17-6-5-9-25-13-17/h5-6,9,12-13,16,21,27H,3-4,7-8,10-11,14-15H2,1-2H3. The molecule has 32 heavy (non-hydrogen) atoms. The number of aromatic amines is 1. The number of nitrogens with zero attached hydrogens (tertiary/aromatic N) is 5. The second-order valence-electron chi connectivity index (χ2n) is 9.26. The van der Waals surface area contributed by atoms with E-state index in [-0.39, 0.29) is 23.4 Å². The summed E-state index contributed by atoms with van der Waals surface area (Å²) >= 11 is 0. The van der Waals surface area contributed by atoms with E-state index in [4.69, 9.17) is 4.98 Å². The highest BCUT2D eigenvalue weighted by molar-refractivity contribution is 5.78. The van der Waals surface area contributed by atoms with E-state index < -0.39 is 0 Å². The molecular weight excluding hydrogens is 404 g/mol. The van der Waals surface area contributed by atoms with Gasteiger partial charge in [0.25, 0.3) is 5.56 Å². The first-order chi connectivity index (χ1) is 15.5. The number of H-pyrrole nitrogens is 1. The lowest BCUT2D eigenvalue weighted by Gasteiger charge is -2.35. The number of hydrogen-bond acceptors (Lipinski definition) is 5. The van der Waals surface area contributed by atoms with Crippen LogP contribution in [-0.4, -0.2) is 48.4 Å². The van der Waals surface area contributed by atoms with Crippen LogP contribution in [0, 0.1) is 5.92 Å². The molecule has 1 unspecified atom stereocenters. The zero-order valence-electron chi connectivity index (χ0n) is 18.8. The van der Waals surface area contributed by atoms with Crippen LogP contribution in [0.4, 0.5) is 0 Å². The highest BCUT2D eigenvalue weighted by Gasteiger charge is 2.29. The van der Waals surface area contributed by atoms with Gasteiger partial charge in [0.1, 0.15) is 0 Å². The van der Waals surface area contributed by atoms with Crippen molar-refractivity contribution < 1.29 is 4.79 Å². The van der Waals surface area contributed by atoms with E-state index in [9.17, 15) is 9.59 Å². The minimum atomic E-state index is -0.0580. The topological polar surface area (TPSA) is 86.6 Å². The molecule has 8 heteroatoms. The zero-order chi connectivity index (χ0) is 22.2. The van der Waals surface area contributed by atoms with Crippen LogP contribution in [0.15, 0.2) is 35.4 Å². The summed E-state index contributed by atoms with van der Waals surface area (Å²) < 4.78 is 1.59. The maximum atomic E-state index is 13.2. The van der Waals surface area contributed by atoms with Gasteiger partial charge in [-0.3, -0.25) is 24.6 Å². The molecule has 5 heterocycles. The van der Waals surface area contributed by atoms with Gasteiger partial charge in [0.2, 0.25) is 5.91 Å². The van der Waals surface area contributed by atoms with Crippen LogP contribution in [0.25, 0.3) is 5.65 Å². The van der Waals surface area contributed by atoms with Crippen LogP contribution in [-0.2, 0) is 24.3 Å². The van der Waals surface area contributed by atoms with E-state index in [1.54, 1.807) is 10.7 Å². The molecule has 1 N–H and O–H groups in total. The van der Waals surface area contributed by atoms with Gasteiger partial charge in [0.05, 0.1) is 24.0 Å². The Labute approximate surface area is 187 Å². The van der Waals surface area contributed by atoms with Crippen molar-refractivity contribution in [2.45, 2.75) is 58.7 Å². The van der Waals surface area contributed by atoms with Crippen LogP contribution >= 0.6 is 0 Å². The Kier molecular flexibility index (Phi) is 5.55. The summed E-state index contributed by atoms with van der Waals surface area (Å²) in [5.41, 5.74) is 4.26. The molecule has 0 radical (unpaired) electrons. The van der Waals surface area contributed by atoms with Crippen molar-refractivity contribution in [2.75, 3.05) is 13.1 Å². The van der Waals surface area contributed by atoms with Crippen molar-refractivity contribution in [2.24, 2.45) is 5.92 Å². The van der Waals surface area contributed by atoms with Gasteiger partial charge in [-0.25, -0.2) is 9.50 Å². The average Bonchev–Trinajstić information content (AvgIpc) is 3.23. The summed E-state index contributed by atoms with van der Waals surface area (Å²) in [5, 5.41) is 3.36. The maximum Gasteiger partial charge on any atom is 0.276 e. The quantitative estimate of drug-likeness (QED) is 0.682. The van der Waals surface area contributed by atoms with Crippen molar-refractivity contribution in [3.05, 3.63) is 63.5 Å². The molecule has 3 aromatic heterocycles. The van der Waals surface area contributed by atoms with Crippen molar-refractivity contribution >= 4 is 11.6 Å². The van der Waals surface area contributed by atoms with Crippen molar-refractivity contribution in [3.8, 4) is 0 Å². The van der Waals surface area contributed by atoms with Gasteiger partial charge in [0, 0.05) is 43.0 Å². The number of pyridine rings is 1. The third kappa shape index (κ3) is 3.83. The molecule has 168 valence electrons. The van der Waals surface area contributed by atoms with E-state index in [1.807, 2.05) is 37.1 Å². The van der Waals surface area contributed by atoms with Crippen LogP contribution in [0.5, 0.6) is 0 Å². The fourth-order valence-electron chi connectivity index (χ4n) is 4.99. The summed E-state index contributed by atoms with van der Waals surface area (Å²) in [6.07, 6.45) is 7.63. The molecule has 3 aromatic rings. The van der Waals surface area contributed by atoms with Gasteiger partial charge < -0.3 is 4.90 Å². The first kappa shape index (κ1) is 20.9. The predicted octanol–water partition coefficient (Wildman–Crippen LogP) is 2.69. The van der Waals surface area contributed by atoms with Crippen molar-refractivity contribution in [1.29, 1.82) is 0 Å².